The molecule has 3 heteroatoms. The third-order valence-electron chi connectivity index (χ3n) is 1.60. The van der Waals surface area contributed by atoms with E-state index in [4.69, 9.17) is 4.74 Å². The quantitative estimate of drug-likeness (QED) is 0.564. The molecule has 1 aromatic carbocycles. The van der Waals surface area contributed by atoms with E-state index < -0.39 is 0 Å². The zero-order chi connectivity index (χ0) is 10.4. The molecule has 0 amide bonds. The number of ether oxygens (including phenoxy) is 1. The highest BCUT2D eigenvalue weighted by Crippen LogP contribution is 2.18. The van der Waals surface area contributed by atoms with Gasteiger partial charge in [0.1, 0.15) is 6.10 Å². The molecule has 0 saturated heterocycles. The largest absolute Gasteiger partial charge is 0.462 e. The SMILES string of the molecule is CC(=O)OC(C)CSc1ccccc1. The van der Waals surface area contributed by atoms with Crippen LogP contribution in [0.25, 0.3) is 0 Å². The van der Waals surface area contributed by atoms with Crippen LogP contribution in [-0.2, 0) is 9.53 Å². The van der Waals surface area contributed by atoms with Crippen molar-refractivity contribution >= 4 is 17.7 Å². The van der Waals surface area contributed by atoms with Crippen molar-refractivity contribution in [3.63, 3.8) is 0 Å². The summed E-state index contributed by atoms with van der Waals surface area (Å²) in [7, 11) is 0. The molecule has 0 heterocycles. The lowest BCUT2D eigenvalue weighted by Crippen LogP contribution is -2.14. The van der Waals surface area contributed by atoms with E-state index in [1.54, 1.807) is 11.8 Å². The fourth-order valence-electron chi connectivity index (χ4n) is 1.05. The van der Waals surface area contributed by atoms with Crippen molar-refractivity contribution in [2.24, 2.45) is 0 Å². The van der Waals surface area contributed by atoms with E-state index in [1.165, 1.54) is 11.8 Å². The third kappa shape index (κ3) is 4.33. The maximum atomic E-state index is 10.6. The Morgan fingerprint density at radius 2 is 2.07 bits per heavy atom. The minimum absolute atomic E-state index is 0.0299. The van der Waals surface area contributed by atoms with Gasteiger partial charge in [-0.05, 0) is 19.1 Å². The van der Waals surface area contributed by atoms with Crippen LogP contribution in [0.1, 0.15) is 13.8 Å². The second-order valence-electron chi connectivity index (χ2n) is 3.04. The molecule has 0 spiro atoms. The van der Waals surface area contributed by atoms with E-state index in [-0.39, 0.29) is 12.1 Å². The fourth-order valence-corrected chi connectivity index (χ4v) is 1.89. The molecule has 0 bridgehead atoms. The minimum atomic E-state index is -0.217. The van der Waals surface area contributed by atoms with Crippen molar-refractivity contribution in [2.45, 2.75) is 24.8 Å². The first-order chi connectivity index (χ1) is 6.68. The monoisotopic (exact) mass is 210 g/mol. The second kappa shape index (κ2) is 5.70. The second-order valence-corrected chi connectivity index (χ2v) is 4.14. The highest BCUT2D eigenvalue weighted by Gasteiger charge is 2.05. The summed E-state index contributed by atoms with van der Waals surface area (Å²) in [5.41, 5.74) is 0. The first-order valence-electron chi connectivity index (χ1n) is 4.53. The summed E-state index contributed by atoms with van der Waals surface area (Å²) in [6, 6.07) is 10.1. The predicted molar refractivity (Wildman–Crippen MR) is 58.4 cm³/mol. The van der Waals surface area contributed by atoms with Gasteiger partial charge in [-0.25, -0.2) is 0 Å². The van der Waals surface area contributed by atoms with Crippen LogP contribution >= 0.6 is 11.8 Å². The number of benzene rings is 1. The van der Waals surface area contributed by atoms with Crippen molar-refractivity contribution in [3.8, 4) is 0 Å². The maximum Gasteiger partial charge on any atom is 0.302 e. The van der Waals surface area contributed by atoms with Gasteiger partial charge in [-0.2, -0.15) is 0 Å². The van der Waals surface area contributed by atoms with Gasteiger partial charge in [0.05, 0.1) is 0 Å². The first kappa shape index (κ1) is 11.1. The lowest BCUT2D eigenvalue weighted by Gasteiger charge is -2.10. The van der Waals surface area contributed by atoms with E-state index in [9.17, 15) is 4.79 Å². The molecule has 0 aliphatic heterocycles. The van der Waals surface area contributed by atoms with Crippen molar-refractivity contribution in [1.82, 2.24) is 0 Å². The summed E-state index contributed by atoms with van der Waals surface area (Å²) in [5, 5.41) is 0. The topological polar surface area (TPSA) is 26.3 Å². The van der Waals surface area contributed by atoms with Crippen LogP contribution in [0.3, 0.4) is 0 Å². The Kier molecular flexibility index (Phi) is 4.53. The number of hydrogen-bond donors (Lipinski definition) is 0. The summed E-state index contributed by atoms with van der Waals surface area (Å²) in [5.74, 6) is 0.579. The molecule has 0 aromatic heterocycles. The zero-order valence-corrected chi connectivity index (χ0v) is 9.21. The Morgan fingerprint density at radius 3 is 2.64 bits per heavy atom. The molecule has 76 valence electrons. The van der Waals surface area contributed by atoms with Crippen LogP contribution in [-0.4, -0.2) is 17.8 Å². The average Bonchev–Trinajstić information content (AvgIpc) is 2.15. The van der Waals surface area contributed by atoms with Crippen LogP contribution < -0.4 is 0 Å². The normalized spacial score (nSPS) is 12.1. The molecule has 0 N–H and O–H groups in total. The Balaban J connectivity index is 2.30. The van der Waals surface area contributed by atoms with E-state index in [2.05, 4.69) is 0 Å². The summed E-state index contributed by atoms with van der Waals surface area (Å²) < 4.78 is 5.01. The van der Waals surface area contributed by atoms with Crippen LogP contribution in [0.15, 0.2) is 35.2 Å². The summed E-state index contributed by atoms with van der Waals surface area (Å²) >= 11 is 1.69. The van der Waals surface area contributed by atoms with Crippen LogP contribution in [0.2, 0.25) is 0 Å². The number of carbonyl (C=O) groups is 1. The molecule has 0 aliphatic rings. The highest BCUT2D eigenvalue weighted by molar-refractivity contribution is 7.99. The summed E-state index contributed by atoms with van der Waals surface area (Å²) in [6.07, 6.45) is -0.0299. The number of carbonyl (C=O) groups excluding carboxylic acids is 1. The van der Waals surface area contributed by atoms with Gasteiger partial charge in [0, 0.05) is 17.6 Å². The molecule has 0 radical (unpaired) electrons. The van der Waals surface area contributed by atoms with Gasteiger partial charge in [-0.1, -0.05) is 18.2 Å². The lowest BCUT2D eigenvalue weighted by atomic mass is 10.4. The van der Waals surface area contributed by atoms with Crippen LogP contribution in [0.5, 0.6) is 0 Å². The van der Waals surface area contributed by atoms with Gasteiger partial charge in [-0.15, -0.1) is 11.8 Å². The molecular weight excluding hydrogens is 196 g/mol. The molecule has 1 rings (SSSR count). The average molecular weight is 210 g/mol. The van der Waals surface area contributed by atoms with Crippen LogP contribution in [0.4, 0.5) is 0 Å². The molecule has 0 saturated carbocycles. The number of thioether (sulfide) groups is 1. The summed E-state index contributed by atoms with van der Waals surface area (Å²) in [4.78, 5) is 11.8. The van der Waals surface area contributed by atoms with Crippen molar-refractivity contribution in [2.75, 3.05) is 5.75 Å². The molecule has 1 unspecified atom stereocenters. The van der Waals surface area contributed by atoms with Crippen molar-refractivity contribution < 1.29 is 9.53 Å². The fraction of sp³-hybridized carbons (Fsp3) is 0.364. The van der Waals surface area contributed by atoms with E-state index in [0.29, 0.717) is 0 Å². The smallest absolute Gasteiger partial charge is 0.302 e. The first-order valence-corrected chi connectivity index (χ1v) is 5.52. The third-order valence-corrected chi connectivity index (χ3v) is 2.84. The molecule has 14 heavy (non-hydrogen) atoms. The maximum absolute atomic E-state index is 10.6. The molecule has 1 aromatic rings. The van der Waals surface area contributed by atoms with E-state index in [0.717, 1.165) is 5.75 Å². The van der Waals surface area contributed by atoms with Gasteiger partial charge in [-0.3, -0.25) is 4.79 Å². The number of esters is 1. The standard InChI is InChI=1S/C11H14O2S/c1-9(13-10(2)12)8-14-11-6-4-3-5-7-11/h3-7,9H,8H2,1-2H3. The minimum Gasteiger partial charge on any atom is -0.462 e. The van der Waals surface area contributed by atoms with Crippen molar-refractivity contribution in [1.29, 1.82) is 0 Å². The van der Waals surface area contributed by atoms with Crippen LogP contribution in [0, 0.1) is 0 Å². The number of hydrogen-bond acceptors (Lipinski definition) is 3. The molecule has 1 atom stereocenters. The molecule has 2 nitrogen and oxygen atoms in total. The molecular formula is C11H14O2S. The van der Waals surface area contributed by atoms with Gasteiger partial charge in [0.2, 0.25) is 0 Å². The Labute approximate surface area is 88.7 Å². The zero-order valence-electron chi connectivity index (χ0n) is 8.40. The van der Waals surface area contributed by atoms with Gasteiger partial charge in [0.25, 0.3) is 0 Å². The van der Waals surface area contributed by atoms with E-state index >= 15 is 0 Å². The predicted octanol–water partition coefficient (Wildman–Crippen LogP) is 2.73. The molecule has 0 aliphatic carbocycles. The lowest BCUT2D eigenvalue weighted by molar-refractivity contribution is -0.144. The van der Waals surface area contributed by atoms with Gasteiger partial charge >= 0.3 is 5.97 Å². The van der Waals surface area contributed by atoms with E-state index in [1.807, 2.05) is 37.3 Å². The van der Waals surface area contributed by atoms with Gasteiger partial charge in [0.15, 0.2) is 0 Å². The Morgan fingerprint density at radius 1 is 1.43 bits per heavy atom. The summed E-state index contributed by atoms with van der Waals surface area (Å²) in [6.45, 7) is 3.33. The highest BCUT2D eigenvalue weighted by atomic mass is 32.2. The Bertz CT molecular complexity index is 285. The molecule has 0 fully saturated rings. The number of rotatable bonds is 4. The van der Waals surface area contributed by atoms with Gasteiger partial charge < -0.3 is 4.74 Å². The van der Waals surface area contributed by atoms with Crippen molar-refractivity contribution in [3.05, 3.63) is 30.3 Å². The Hall–Kier alpha value is -0.960.